The van der Waals surface area contributed by atoms with Gasteiger partial charge in [0.2, 0.25) is 0 Å². The first-order valence-corrected chi connectivity index (χ1v) is 9.98. The monoisotopic (exact) mass is 404 g/mol. The third-order valence-electron chi connectivity index (χ3n) is 4.48. The largest absolute Gasteiger partial charge is 0.496 e. The molecule has 0 saturated carbocycles. The molecule has 5 nitrogen and oxygen atoms in total. The first-order chi connectivity index (χ1) is 14.1. The summed E-state index contributed by atoms with van der Waals surface area (Å²) in [5.41, 5.74) is 2.76. The number of hydrogen-bond acceptors (Lipinski definition) is 5. The topological polar surface area (TPSA) is 55.0 Å². The number of carbonyl (C=O) groups excluding carboxylic acids is 1. The first-order valence-electron chi connectivity index (χ1n) is 9.16. The van der Waals surface area contributed by atoms with Crippen molar-refractivity contribution in [3.63, 3.8) is 0 Å². The van der Waals surface area contributed by atoms with Gasteiger partial charge in [-0.1, -0.05) is 24.3 Å². The molecule has 0 spiro atoms. The maximum atomic E-state index is 13.1. The van der Waals surface area contributed by atoms with Gasteiger partial charge in [0, 0.05) is 0 Å². The van der Waals surface area contributed by atoms with Crippen LogP contribution in [0.25, 0.3) is 6.08 Å². The van der Waals surface area contributed by atoms with Gasteiger partial charge >= 0.3 is 0 Å². The summed E-state index contributed by atoms with van der Waals surface area (Å²) in [6.07, 6.45) is 3.50. The Bertz CT molecular complexity index is 1070. The van der Waals surface area contributed by atoms with E-state index in [1.54, 1.807) is 18.3 Å². The van der Waals surface area contributed by atoms with Gasteiger partial charge in [0.1, 0.15) is 11.5 Å². The SMILES string of the molecule is COc1ccc(/C=C2\SC(=Nc3ccccc3)N(Cc3ccco3)C2=O)cc1C. The minimum atomic E-state index is -0.0884. The molecule has 0 unspecified atom stereocenters. The Morgan fingerprint density at radius 3 is 2.66 bits per heavy atom. The summed E-state index contributed by atoms with van der Waals surface area (Å²) in [6, 6.07) is 19.1. The molecule has 1 amide bonds. The number of rotatable bonds is 5. The normalized spacial score (nSPS) is 16.8. The molecule has 0 N–H and O–H groups in total. The zero-order chi connectivity index (χ0) is 20.2. The number of thioether (sulfide) groups is 1. The molecular formula is C23H20N2O3S. The van der Waals surface area contributed by atoms with Crippen LogP contribution in [0.3, 0.4) is 0 Å². The lowest BCUT2D eigenvalue weighted by Crippen LogP contribution is -2.28. The molecule has 1 aliphatic heterocycles. The van der Waals surface area contributed by atoms with Crippen LogP contribution in [0, 0.1) is 6.92 Å². The average Bonchev–Trinajstić information content (AvgIpc) is 3.33. The lowest BCUT2D eigenvalue weighted by molar-refractivity contribution is -0.122. The van der Waals surface area contributed by atoms with Gasteiger partial charge in [-0.15, -0.1) is 0 Å². The van der Waals surface area contributed by atoms with Gasteiger partial charge in [0.25, 0.3) is 5.91 Å². The van der Waals surface area contributed by atoms with E-state index in [1.807, 2.05) is 73.7 Å². The van der Waals surface area contributed by atoms with Gasteiger partial charge in [-0.3, -0.25) is 9.69 Å². The summed E-state index contributed by atoms with van der Waals surface area (Å²) in [4.78, 5) is 20.1. The van der Waals surface area contributed by atoms with Crippen LogP contribution >= 0.6 is 11.8 Å². The van der Waals surface area contributed by atoms with Crippen LogP contribution in [0.4, 0.5) is 5.69 Å². The number of ether oxygens (including phenoxy) is 1. The molecule has 29 heavy (non-hydrogen) atoms. The molecule has 6 heteroatoms. The second-order valence-electron chi connectivity index (χ2n) is 6.54. The van der Waals surface area contributed by atoms with Gasteiger partial charge in [-0.2, -0.15) is 0 Å². The Morgan fingerprint density at radius 1 is 1.14 bits per heavy atom. The Labute approximate surface area is 173 Å². The summed E-state index contributed by atoms with van der Waals surface area (Å²) in [7, 11) is 1.65. The van der Waals surface area contributed by atoms with E-state index in [-0.39, 0.29) is 5.91 Å². The number of aryl methyl sites for hydroxylation is 1. The fourth-order valence-corrected chi connectivity index (χ4v) is 4.04. The molecule has 2 heterocycles. The van der Waals surface area contributed by atoms with Crippen molar-refractivity contribution in [1.29, 1.82) is 0 Å². The van der Waals surface area contributed by atoms with Crippen LogP contribution in [0.15, 0.2) is 81.2 Å². The molecule has 0 atom stereocenters. The number of aliphatic imine (C=N–C) groups is 1. The summed E-state index contributed by atoms with van der Waals surface area (Å²) in [5, 5.41) is 0.633. The molecule has 0 aliphatic carbocycles. The number of para-hydroxylation sites is 1. The highest BCUT2D eigenvalue weighted by atomic mass is 32.2. The van der Waals surface area contributed by atoms with E-state index in [2.05, 4.69) is 4.99 Å². The van der Waals surface area contributed by atoms with Crippen LogP contribution in [0.1, 0.15) is 16.9 Å². The molecular weight excluding hydrogens is 384 g/mol. The zero-order valence-electron chi connectivity index (χ0n) is 16.2. The van der Waals surface area contributed by atoms with Crippen LogP contribution in [0.5, 0.6) is 5.75 Å². The lowest BCUT2D eigenvalue weighted by Gasteiger charge is -2.13. The Morgan fingerprint density at radius 2 is 1.97 bits per heavy atom. The van der Waals surface area contributed by atoms with E-state index >= 15 is 0 Å². The molecule has 0 bridgehead atoms. The van der Waals surface area contributed by atoms with Crippen molar-refractivity contribution in [2.24, 2.45) is 4.99 Å². The lowest BCUT2D eigenvalue weighted by atomic mass is 10.1. The van der Waals surface area contributed by atoms with Gasteiger partial charge in [-0.05, 0) is 72.3 Å². The van der Waals surface area contributed by atoms with Crippen molar-refractivity contribution in [2.45, 2.75) is 13.5 Å². The highest BCUT2D eigenvalue weighted by Crippen LogP contribution is 2.35. The number of amides is 1. The third-order valence-corrected chi connectivity index (χ3v) is 5.49. The summed E-state index contributed by atoms with van der Waals surface area (Å²) in [5.74, 6) is 1.44. The smallest absolute Gasteiger partial charge is 0.267 e. The maximum absolute atomic E-state index is 13.1. The fourth-order valence-electron chi connectivity index (χ4n) is 3.04. The molecule has 3 aromatic rings. The van der Waals surface area contributed by atoms with Crippen molar-refractivity contribution in [1.82, 2.24) is 4.90 Å². The van der Waals surface area contributed by atoms with Crippen molar-refractivity contribution in [3.05, 3.63) is 88.7 Å². The molecule has 4 rings (SSSR count). The van der Waals surface area contributed by atoms with Crippen LogP contribution in [-0.2, 0) is 11.3 Å². The van der Waals surface area contributed by atoms with Crippen LogP contribution in [0.2, 0.25) is 0 Å². The molecule has 146 valence electrons. The molecule has 1 saturated heterocycles. The van der Waals surface area contributed by atoms with Gasteiger partial charge in [0.05, 0.1) is 30.5 Å². The maximum Gasteiger partial charge on any atom is 0.267 e. The molecule has 1 fully saturated rings. The summed E-state index contributed by atoms with van der Waals surface area (Å²) >= 11 is 1.37. The number of methoxy groups -OCH3 is 1. The van der Waals surface area contributed by atoms with E-state index in [0.29, 0.717) is 22.4 Å². The summed E-state index contributed by atoms with van der Waals surface area (Å²) in [6.45, 7) is 2.32. The minimum Gasteiger partial charge on any atom is -0.496 e. The Hall–Kier alpha value is -3.25. The zero-order valence-corrected chi connectivity index (χ0v) is 17.0. The van der Waals surface area contributed by atoms with E-state index < -0.39 is 0 Å². The number of benzene rings is 2. The number of hydrogen-bond donors (Lipinski definition) is 0. The van der Waals surface area contributed by atoms with Crippen molar-refractivity contribution in [2.75, 3.05) is 7.11 Å². The highest BCUT2D eigenvalue weighted by molar-refractivity contribution is 8.18. The number of amidine groups is 1. The van der Waals surface area contributed by atoms with E-state index in [4.69, 9.17) is 9.15 Å². The fraction of sp³-hybridized carbons (Fsp3) is 0.130. The van der Waals surface area contributed by atoms with Crippen LogP contribution in [-0.4, -0.2) is 23.1 Å². The van der Waals surface area contributed by atoms with Gasteiger partial charge < -0.3 is 9.15 Å². The quantitative estimate of drug-likeness (QED) is 0.534. The minimum absolute atomic E-state index is 0.0884. The van der Waals surface area contributed by atoms with E-state index in [0.717, 1.165) is 22.6 Å². The molecule has 2 aromatic carbocycles. The Balaban J connectivity index is 1.68. The predicted octanol–water partition coefficient (Wildman–Crippen LogP) is 5.40. The second kappa shape index (κ2) is 8.41. The number of carbonyl (C=O) groups is 1. The predicted molar refractivity (Wildman–Crippen MR) is 116 cm³/mol. The second-order valence-corrected chi connectivity index (χ2v) is 7.55. The van der Waals surface area contributed by atoms with Crippen LogP contribution < -0.4 is 4.74 Å². The van der Waals surface area contributed by atoms with Crippen molar-refractivity contribution in [3.8, 4) is 5.75 Å². The standard InChI is InChI=1S/C23H20N2O3S/c1-16-13-17(10-11-20(16)27-2)14-21-22(26)25(15-19-9-6-12-28-19)23(29-21)24-18-7-4-3-5-8-18/h3-14H,15H2,1-2H3/b21-14-,24-23?. The van der Waals surface area contributed by atoms with Crippen molar-refractivity contribution >= 4 is 34.6 Å². The molecule has 1 aromatic heterocycles. The first kappa shape index (κ1) is 19.1. The molecule has 1 aliphatic rings. The van der Waals surface area contributed by atoms with Gasteiger partial charge in [0.15, 0.2) is 5.17 Å². The van der Waals surface area contributed by atoms with Crippen molar-refractivity contribution < 1.29 is 13.9 Å². The molecule has 0 radical (unpaired) electrons. The summed E-state index contributed by atoms with van der Waals surface area (Å²) < 4.78 is 10.8. The Kier molecular flexibility index (Phi) is 5.53. The average molecular weight is 404 g/mol. The van der Waals surface area contributed by atoms with E-state index in [9.17, 15) is 4.79 Å². The highest BCUT2D eigenvalue weighted by Gasteiger charge is 2.34. The third kappa shape index (κ3) is 4.27. The van der Waals surface area contributed by atoms with E-state index in [1.165, 1.54) is 11.8 Å². The van der Waals surface area contributed by atoms with Gasteiger partial charge in [-0.25, -0.2) is 4.99 Å². The number of nitrogens with zero attached hydrogens (tertiary/aromatic N) is 2. The number of furan rings is 1.